The molecule has 2 atom stereocenters. The zero-order valence-electron chi connectivity index (χ0n) is 16.7. The van der Waals surface area contributed by atoms with E-state index in [2.05, 4.69) is 17.1 Å². The second-order valence-electron chi connectivity index (χ2n) is 8.31. The van der Waals surface area contributed by atoms with Crippen molar-refractivity contribution in [2.45, 2.75) is 45.5 Å². The highest BCUT2D eigenvalue weighted by Gasteiger charge is 2.40. The number of carbonyl (C=O) groups is 2. The largest absolute Gasteiger partial charge is 0.406 e. The molecule has 0 radical (unpaired) electrons. The summed E-state index contributed by atoms with van der Waals surface area (Å²) in [4.78, 5) is 27.1. The molecule has 2 unspecified atom stereocenters. The fourth-order valence-electron chi connectivity index (χ4n) is 4.10. The second kappa shape index (κ2) is 9.15. The summed E-state index contributed by atoms with van der Waals surface area (Å²) in [5.74, 6) is -1.01. The van der Waals surface area contributed by atoms with Crippen molar-refractivity contribution in [2.75, 3.05) is 26.2 Å². The van der Waals surface area contributed by atoms with Crippen LogP contribution in [0.4, 0.5) is 13.2 Å². The lowest BCUT2D eigenvalue weighted by Gasteiger charge is -2.30. The van der Waals surface area contributed by atoms with Crippen molar-refractivity contribution in [1.82, 2.24) is 15.1 Å². The van der Waals surface area contributed by atoms with E-state index in [9.17, 15) is 22.8 Å². The van der Waals surface area contributed by atoms with E-state index in [1.807, 2.05) is 24.3 Å². The lowest BCUT2D eigenvalue weighted by Crippen LogP contribution is -2.37. The number of nitrogens with zero attached hydrogens (tertiary/aromatic N) is 2. The molecule has 0 aromatic heterocycles. The van der Waals surface area contributed by atoms with Crippen molar-refractivity contribution < 1.29 is 22.8 Å². The van der Waals surface area contributed by atoms with Crippen LogP contribution in [0.25, 0.3) is 0 Å². The number of nitrogens with one attached hydrogen (secondary N) is 1. The Morgan fingerprint density at radius 3 is 2.52 bits per heavy atom. The number of carbonyl (C=O) groups excluding carboxylic acids is 2. The molecule has 2 heterocycles. The maximum atomic E-state index is 12.5. The smallest absolute Gasteiger partial charge is 0.352 e. The van der Waals surface area contributed by atoms with Crippen LogP contribution in [-0.2, 0) is 22.7 Å². The van der Waals surface area contributed by atoms with Crippen LogP contribution in [0.3, 0.4) is 0 Å². The number of piperidine rings is 1. The van der Waals surface area contributed by atoms with E-state index in [0.29, 0.717) is 11.4 Å². The predicted molar refractivity (Wildman–Crippen MR) is 103 cm³/mol. The van der Waals surface area contributed by atoms with Gasteiger partial charge in [0.05, 0.1) is 5.92 Å². The molecule has 2 aliphatic rings. The van der Waals surface area contributed by atoms with Gasteiger partial charge in [0.25, 0.3) is 0 Å². The Kier molecular flexibility index (Phi) is 6.82. The van der Waals surface area contributed by atoms with Gasteiger partial charge in [-0.1, -0.05) is 31.2 Å². The Morgan fingerprint density at radius 1 is 1.17 bits per heavy atom. The highest BCUT2D eigenvalue weighted by atomic mass is 19.4. The Labute approximate surface area is 169 Å². The minimum absolute atomic E-state index is 0.172. The minimum Gasteiger partial charge on any atom is -0.352 e. The van der Waals surface area contributed by atoms with Gasteiger partial charge in [-0.3, -0.25) is 14.5 Å². The zero-order chi connectivity index (χ0) is 21.0. The summed E-state index contributed by atoms with van der Waals surface area (Å²) in [6, 6.07) is 8.01. The maximum absolute atomic E-state index is 12.5. The summed E-state index contributed by atoms with van der Waals surface area (Å²) in [6.07, 6.45) is -2.10. The summed E-state index contributed by atoms with van der Waals surface area (Å²) in [5.41, 5.74) is 2.14. The van der Waals surface area contributed by atoms with Crippen LogP contribution in [0.15, 0.2) is 24.3 Å². The SMILES string of the molecule is CC1CCCN(Cc2ccc(CNC(=O)C3CC(=O)N(CC(F)(F)F)C3)cc2)C1. The monoisotopic (exact) mass is 411 g/mol. The van der Waals surface area contributed by atoms with Gasteiger partial charge in [-0.25, -0.2) is 0 Å². The lowest BCUT2D eigenvalue weighted by molar-refractivity contribution is -0.157. The molecule has 3 rings (SSSR count). The number of halogens is 3. The molecule has 2 fully saturated rings. The predicted octanol–water partition coefficient (Wildman–Crippen LogP) is 2.95. The Balaban J connectivity index is 1.45. The van der Waals surface area contributed by atoms with Gasteiger partial charge < -0.3 is 10.2 Å². The van der Waals surface area contributed by atoms with E-state index in [1.165, 1.54) is 18.4 Å². The molecule has 29 heavy (non-hydrogen) atoms. The van der Waals surface area contributed by atoms with Crippen molar-refractivity contribution in [3.8, 4) is 0 Å². The van der Waals surface area contributed by atoms with E-state index in [0.717, 1.165) is 31.1 Å². The summed E-state index contributed by atoms with van der Waals surface area (Å²) < 4.78 is 37.4. The second-order valence-corrected chi connectivity index (χ2v) is 8.31. The number of rotatable bonds is 6. The third-order valence-corrected chi connectivity index (χ3v) is 5.59. The highest BCUT2D eigenvalue weighted by Crippen LogP contribution is 2.24. The van der Waals surface area contributed by atoms with Crippen LogP contribution in [0, 0.1) is 11.8 Å². The van der Waals surface area contributed by atoms with E-state index in [-0.39, 0.29) is 18.9 Å². The first kappa shape index (κ1) is 21.6. The lowest BCUT2D eigenvalue weighted by atomic mass is 9.99. The van der Waals surface area contributed by atoms with Crippen LogP contribution in [0.1, 0.15) is 37.3 Å². The first-order valence-electron chi connectivity index (χ1n) is 10.1. The van der Waals surface area contributed by atoms with E-state index in [1.54, 1.807) is 0 Å². The molecule has 2 amide bonds. The van der Waals surface area contributed by atoms with Crippen molar-refractivity contribution in [1.29, 1.82) is 0 Å². The average Bonchev–Trinajstić information content (AvgIpc) is 3.00. The Morgan fingerprint density at radius 2 is 1.86 bits per heavy atom. The number of likely N-dealkylation sites (tertiary alicyclic amines) is 2. The van der Waals surface area contributed by atoms with Crippen LogP contribution < -0.4 is 5.32 Å². The van der Waals surface area contributed by atoms with E-state index >= 15 is 0 Å². The van der Waals surface area contributed by atoms with Crippen molar-refractivity contribution in [3.05, 3.63) is 35.4 Å². The zero-order valence-corrected chi connectivity index (χ0v) is 16.7. The fourth-order valence-corrected chi connectivity index (χ4v) is 4.10. The van der Waals surface area contributed by atoms with Crippen molar-refractivity contribution >= 4 is 11.8 Å². The average molecular weight is 411 g/mol. The Bertz CT molecular complexity index is 721. The number of hydrogen-bond acceptors (Lipinski definition) is 3. The van der Waals surface area contributed by atoms with E-state index < -0.39 is 24.5 Å². The summed E-state index contributed by atoms with van der Waals surface area (Å²) in [5, 5.41) is 2.74. The molecule has 0 bridgehead atoms. The standard InChI is InChI=1S/C21H28F3N3O2/c1-15-3-2-8-26(11-15)12-17-6-4-16(5-7-17)10-25-20(29)18-9-19(28)27(13-18)14-21(22,23)24/h4-7,15,18H,2-3,8-14H2,1H3,(H,25,29). The molecular weight excluding hydrogens is 383 g/mol. The number of amides is 2. The molecule has 0 aliphatic carbocycles. The van der Waals surface area contributed by atoms with Crippen molar-refractivity contribution in [2.24, 2.45) is 11.8 Å². The van der Waals surface area contributed by atoms with Gasteiger partial charge in [-0.2, -0.15) is 13.2 Å². The summed E-state index contributed by atoms with van der Waals surface area (Å²) in [6.45, 7) is 4.24. The maximum Gasteiger partial charge on any atom is 0.406 e. The fraction of sp³-hybridized carbons (Fsp3) is 0.619. The van der Waals surface area contributed by atoms with Crippen LogP contribution in [-0.4, -0.2) is 54.0 Å². The molecule has 1 aromatic rings. The van der Waals surface area contributed by atoms with Gasteiger partial charge in [0.2, 0.25) is 11.8 Å². The molecule has 8 heteroatoms. The topological polar surface area (TPSA) is 52.7 Å². The number of benzene rings is 1. The molecular formula is C21H28F3N3O2. The quantitative estimate of drug-likeness (QED) is 0.783. The first-order valence-corrected chi connectivity index (χ1v) is 10.1. The molecule has 0 saturated carbocycles. The Hall–Kier alpha value is -2.09. The van der Waals surface area contributed by atoms with Gasteiger partial charge in [0, 0.05) is 32.6 Å². The molecule has 0 spiro atoms. The highest BCUT2D eigenvalue weighted by molar-refractivity contribution is 5.89. The molecule has 2 aliphatic heterocycles. The van der Waals surface area contributed by atoms with Crippen LogP contribution in [0.2, 0.25) is 0 Å². The van der Waals surface area contributed by atoms with Crippen molar-refractivity contribution in [3.63, 3.8) is 0 Å². The van der Waals surface area contributed by atoms with Gasteiger partial charge in [-0.15, -0.1) is 0 Å². The van der Waals surface area contributed by atoms with E-state index in [4.69, 9.17) is 0 Å². The van der Waals surface area contributed by atoms with Gasteiger partial charge in [-0.05, 0) is 36.4 Å². The molecule has 2 saturated heterocycles. The van der Waals surface area contributed by atoms with Gasteiger partial charge in [0.15, 0.2) is 0 Å². The molecule has 5 nitrogen and oxygen atoms in total. The molecule has 1 aromatic carbocycles. The molecule has 1 N–H and O–H groups in total. The van der Waals surface area contributed by atoms with Gasteiger partial charge >= 0.3 is 6.18 Å². The number of hydrogen-bond donors (Lipinski definition) is 1. The van der Waals surface area contributed by atoms with Crippen LogP contribution >= 0.6 is 0 Å². The summed E-state index contributed by atoms with van der Waals surface area (Å²) >= 11 is 0. The summed E-state index contributed by atoms with van der Waals surface area (Å²) in [7, 11) is 0. The third kappa shape index (κ3) is 6.45. The minimum atomic E-state index is -4.45. The van der Waals surface area contributed by atoms with Crippen LogP contribution in [0.5, 0.6) is 0 Å². The third-order valence-electron chi connectivity index (χ3n) is 5.59. The molecule has 160 valence electrons. The van der Waals surface area contributed by atoms with Gasteiger partial charge in [0.1, 0.15) is 6.54 Å². The first-order chi connectivity index (χ1) is 13.7. The normalized spacial score (nSPS) is 23.4. The number of alkyl halides is 3.